The van der Waals surface area contributed by atoms with Crippen molar-refractivity contribution >= 4 is 34.3 Å². The fourth-order valence-corrected chi connectivity index (χ4v) is 7.63. The molecule has 61 heavy (non-hydrogen) atoms. The highest BCUT2D eigenvalue weighted by molar-refractivity contribution is 6.31. The zero-order chi connectivity index (χ0) is 43.5. The van der Waals surface area contributed by atoms with E-state index in [0.717, 1.165) is 60.8 Å². The number of aryl methyl sites for hydroxylation is 1. The number of carbonyl (C=O) groups is 2. The molecule has 0 spiro atoms. The molecular formula is C49H48ClN3O8. The SMILES string of the molecule is Cc1c(OCc2cc(OCc3cncc(C#N)c3)c(CCC[C@@H](O)CC(=O)O)cc2Cl)cccc1-c1cccc(-c2ccc3cc(CNC[C@@H](O)CC(=O)O)ccc3c2)c1C. The minimum atomic E-state index is -1.05. The maximum absolute atomic E-state index is 11.0. The molecule has 0 saturated heterocycles. The topological polar surface area (TPSA) is 182 Å². The largest absolute Gasteiger partial charge is 0.489 e. The molecule has 0 aliphatic carbocycles. The summed E-state index contributed by atoms with van der Waals surface area (Å²) in [6.07, 6.45) is 1.91. The second-order valence-electron chi connectivity index (χ2n) is 15.2. The lowest BCUT2D eigenvalue weighted by atomic mass is 9.90. The maximum atomic E-state index is 11.0. The number of aliphatic hydroxyl groups excluding tert-OH is 2. The average molecular weight is 842 g/mol. The monoisotopic (exact) mass is 841 g/mol. The van der Waals surface area contributed by atoms with Crippen molar-refractivity contribution in [2.45, 2.75) is 77.9 Å². The molecule has 0 radical (unpaired) electrons. The second kappa shape index (κ2) is 20.8. The molecule has 5 N–H and O–H groups in total. The third-order valence-corrected chi connectivity index (χ3v) is 10.9. The van der Waals surface area contributed by atoms with Gasteiger partial charge in [-0.15, -0.1) is 0 Å². The molecule has 0 fully saturated rings. The number of aliphatic hydroxyl groups is 2. The Morgan fingerprint density at radius 3 is 2.21 bits per heavy atom. The van der Waals surface area contributed by atoms with Crippen molar-refractivity contribution in [3.63, 3.8) is 0 Å². The van der Waals surface area contributed by atoms with Crippen LogP contribution >= 0.6 is 11.6 Å². The van der Waals surface area contributed by atoms with Gasteiger partial charge in [-0.2, -0.15) is 5.26 Å². The molecular weight excluding hydrogens is 794 g/mol. The highest BCUT2D eigenvalue weighted by atomic mass is 35.5. The molecule has 6 aromatic rings. The van der Waals surface area contributed by atoms with E-state index >= 15 is 0 Å². The molecule has 0 aliphatic heterocycles. The molecule has 0 aliphatic rings. The number of carboxylic acids is 2. The first-order valence-corrected chi connectivity index (χ1v) is 20.4. The van der Waals surface area contributed by atoms with E-state index < -0.39 is 24.1 Å². The second-order valence-corrected chi connectivity index (χ2v) is 15.6. The molecule has 314 valence electrons. The predicted molar refractivity (Wildman–Crippen MR) is 235 cm³/mol. The van der Waals surface area contributed by atoms with Gasteiger partial charge in [-0.05, 0) is 125 Å². The number of carboxylic acid groups (broad SMARTS) is 2. The van der Waals surface area contributed by atoms with Gasteiger partial charge < -0.3 is 35.2 Å². The number of aliphatic carboxylic acids is 2. The van der Waals surface area contributed by atoms with Crippen molar-refractivity contribution in [2.24, 2.45) is 0 Å². The van der Waals surface area contributed by atoms with Gasteiger partial charge >= 0.3 is 11.9 Å². The molecule has 12 heteroatoms. The quantitative estimate of drug-likeness (QED) is 0.0495. The Balaban J connectivity index is 1.19. The number of nitrogens with zero attached hydrogens (tertiary/aromatic N) is 2. The number of ether oxygens (including phenoxy) is 2. The average Bonchev–Trinajstić information content (AvgIpc) is 3.23. The van der Waals surface area contributed by atoms with Gasteiger partial charge in [0, 0.05) is 41.6 Å². The van der Waals surface area contributed by atoms with Crippen molar-refractivity contribution in [1.82, 2.24) is 10.3 Å². The molecule has 2 atom stereocenters. The Morgan fingerprint density at radius 1 is 0.754 bits per heavy atom. The molecule has 0 saturated carbocycles. The van der Waals surface area contributed by atoms with Crippen LogP contribution in [0.1, 0.15) is 64.6 Å². The zero-order valence-electron chi connectivity index (χ0n) is 34.0. The van der Waals surface area contributed by atoms with Gasteiger partial charge in [0.15, 0.2) is 0 Å². The van der Waals surface area contributed by atoms with E-state index in [4.69, 9.17) is 31.3 Å². The summed E-state index contributed by atoms with van der Waals surface area (Å²) < 4.78 is 12.7. The van der Waals surface area contributed by atoms with Gasteiger partial charge in [0.1, 0.15) is 30.8 Å². The highest BCUT2D eigenvalue weighted by Crippen LogP contribution is 2.38. The molecule has 5 aromatic carbocycles. The standard InChI is InChI=1S/C49H48ClN3O8/c1-30-42(37-15-14-35-17-32(12-13-36(35)18-37)24-53-27-41(55)22-49(58)59)8-4-9-43(30)44-10-5-11-46(31(44)2)61-29-39-20-47(60-28-34-16-33(23-51)25-52-26-34)38(19-45(39)50)6-3-7-40(54)21-48(56)57/h4-5,8-20,25-26,40-41,53-55H,3,6-7,21-22,24,27-29H2,1-2H3,(H,56,57)(H,58,59)/t40-,41+/m1/s1. The molecule has 0 unspecified atom stereocenters. The molecule has 6 rings (SSSR count). The van der Waals surface area contributed by atoms with Gasteiger partial charge in [0.2, 0.25) is 0 Å². The van der Waals surface area contributed by atoms with Crippen LogP contribution in [0.2, 0.25) is 5.02 Å². The molecule has 1 heterocycles. The van der Waals surface area contributed by atoms with Crippen LogP contribution in [0.4, 0.5) is 0 Å². The number of aromatic nitrogens is 1. The van der Waals surface area contributed by atoms with E-state index in [2.05, 4.69) is 77.9 Å². The van der Waals surface area contributed by atoms with Gasteiger partial charge in [0.25, 0.3) is 0 Å². The smallest absolute Gasteiger partial charge is 0.306 e. The summed E-state index contributed by atoms with van der Waals surface area (Å²) in [6.45, 7) is 5.17. The number of nitrogens with one attached hydrogen (secondary N) is 1. The van der Waals surface area contributed by atoms with E-state index in [-0.39, 0.29) is 32.6 Å². The third-order valence-electron chi connectivity index (χ3n) is 10.6. The first-order chi connectivity index (χ1) is 29.4. The molecule has 11 nitrogen and oxygen atoms in total. The van der Waals surface area contributed by atoms with E-state index in [1.807, 2.05) is 37.3 Å². The number of halogens is 1. The normalized spacial score (nSPS) is 12.1. The Morgan fingerprint density at radius 2 is 1.44 bits per heavy atom. The number of benzene rings is 5. The van der Waals surface area contributed by atoms with Gasteiger partial charge in [-0.25, -0.2) is 0 Å². The Bertz CT molecular complexity index is 2570. The van der Waals surface area contributed by atoms with Gasteiger partial charge in [0.05, 0.1) is 30.6 Å². The predicted octanol–water partition coefficient (Wildman–Crippen LogP) is 8.95. The number of nitriles is 1. The summed E-state index contributed by atoms with van der Waals surface area (Å²) in [5.74, 6) is -0.823. The van der Waals surface area contributed by atoms with Gasteiger partial charge in [-0.1, -0.05) is 66.2 Å². The summed E-state index contributed by atoms with van der Waals surface area (Å²) in [4.78, 5) is 26.0. The van der Waals surface area contributed by atoms with Crippen LogP contribution in [-0.2, 0) is 35.8 Å². The van der Waals surface area contributed by atoms with E-state index in [1.165, 1.54) is 6.20 Å². The van der Waals surface area contributed by atoms with Crippen LogP contribution in [0.3, 0.4) is 0 Å². The Labute approximate surface area is 359 Å². The van der Waals surface area contributed by atoms with Crippen LogP contribution in [0, 0.1) is 25.2 Å². The summed E-state index contributed by atoms with van der Waals surface area (Å²) in [7, 11) is 0. The van der Waals surface area contributed by atoms with Crippen LogP contribution in [0.5, 0.6) is 11.5 Å². The summed E-state index contributed by atoms with van der Waals surface area (Å²) in [6, 6.07) is 32.4. The highest BCUT2D eigenvalue weighted by Gasteiger charge is 2.17. The van der Waals surface area contributed by atoms with E-state index in [0.29, 0.717) is 53.5 Å². The number of hydrogen-bond acceptors (Lipinski definition) is 9. The van der Waals surface area contributed by atoms with Crippen molar-refractivity contribution in [3.05, 3.63) is 147 Å². The van der Waals surface area contributed by atoms with Crippen LogP contribution in [-0.4, -0.2) is 56.1 Å². The van der Waals surface area contributed by atoms with Crippen LogP contribution in [0.25, 0.3) is 33.0 Å². The minimum Gasteiger partial charge on any atom is -0.489 e. The first-order valence-electron chi connectivity index (χ1n) is 20.0. The summed E-state index contributed by atoms with van der Waals surface area (Å²) >= 11 is 6.85. The number of rotatable bonds is 20. The molecule has 0 amide bonds. The fraction of sp³-hybridized carbons (Fsp3) is 0.265. The lowest BCUT2D eigenvalue weighted by Gasteiger charge is -2.18. The third kappa shape index (κ3) is 11.9. The van der Waals surface area contributed by atoms with Crippen LogP contribution < -0.4 is 14.8 Å². The van der Waals surface area contributed by atoms with Crippen LogP contribution in [0.15, 0.2) is 103 Å². The van der Waals surface area contributed by atoms with Crippen molar-refractivity contribution in [3.8, 4) is 39.8 Å². The lowest BCUT2D eigenvalue weighted by molar-refractivity contribution is -0.140. The fourth-order valence-electron chi connectivity index (χ4n) is 7.39. The van der Waals surface area contributed by atoms with Crippen molar-refractivity contribution in [1.29, 1.82) is 5.26 Å². The van der Waals surface area contributed by atoms with E-state index in [9.17, 15) is 25.1 Å². The zero-order valence-corrected chi connectivity index (χ0v) is 34.8. The van der Waals surface area contributed by atoms with Gasteiger partial charge in [-0.3, -0.25) is 14.6 Å². The summed E-state index contributed by atoms with van der Waals surface area (Å²) in [5, 5.41) is 53.0. The first kappa shape index (κ1) is 44.3. The Hall–Kier alpha value is -6.29. The van der Waals surface area contributed by atoms with Crippen molar-refractivity contribution in [2.75, 3.05) is 6.54 Å². The maximum Gasteiger partial charge on any atom is 0.306 e. The lowest BCUT2D eigenvalue weighted by Crippen LogP contribution is -2.28. The van der Waals surface area contributed by atoms with Crippen molar-refractivity contribution < 1.29 is 39.5 Å². The minimum absolute atomic E-state index is 0.155. The molecule has 0 bridgehead atoms. The summed E-state index contributed by atoms with van der Waals surface area (Å²) in [5.41, 5.74) is 10.1. The number of pyridine rings is 1. The Kier molecular flexibility index (Phi) is 15.1. The number of hydrogen-bond donors (Lipinski definition) is 5. The molecule has 1 aromatic heterocycles. The number of fused-ring (bicyclic) bond motifs is 1. The van der Waals surface area contributed by atoms with E-state index in [1.54, 1.807) is 12.3 Å².